The molecule has 3 nitrogen and oxygen atoms in total. The van der Waals surface area contributed by atoms with Gasteiger partial charge in [0.1, 0.15) is 0 Å². The van der Waals surface area contributed by atoms with Crippen molar-refractivity contribution in [2.24, 2.45) is 0 Å². The summed E-state index contributed by atoms with van der Waals surface area (Å²) in [4.78, 5) is 4.16. The number of hydrogen-bond donors (Lipinski definition) is 1. The molecule has 1 saturated heterocycles. The number of hydrogen-bond acceptors (Lipinski definition) is 3. The fraction of sp³-hybridized carbons (Fsp3) is 0.643. The van der Waals surface area contributed by atoms with Crippen molar-refractivity contribution >= 4 is 0 Å². The zero-order valence-electron chi connectivity index (χ0n) is 10.9. The van der Waals surface area contributed by atoms with E-state index in [1.807, 2.05) is 18.5 Å². The number of nitrogens with zero attached hydrogens (tertiary/aromatic N) is 1. The molecular weight excluding hydrogens is 212 g/mol. The Labute approximate surface area is 104 Å². The van der Waals surface area contributed by atoms with Crippen molar-refractivity contribution in [2.75, 3.05) is 0 Å². The molecule has 0 bridgehead atoms. The molecule has 0 aliphatic carbocycles. The Kier molecular flexibility index (Phi) is 4.13. The normalized spacial score (nSPS) is 31.1. The molecule has 17 heavy (non-hydrogen) atoms. The molecule has 0 aromatic carbocycles. The second kappa shape index (κ2) is 5.61. The summed E-state index contributed by atoms with van der Waals surface area (Å²) < 4.78 is 5.75. The smallest absolute Gasteiger partial charge is 0.0565 e. The minimum Gasteiger partial charge on any atom is -0.375 e. The largest absolute Gasteiger partial charge is 0.375 e. The van der Waals surface area contributed by atoms with E-state index in [-0.39, 0.29) is 0 Å². The third kappa shape index (κ3) is 3.51. The van der Waals surface area contributed by atoms with Crippen LogP contribution in [0.1, 0.15) is 45.2 Å². The molecule has 2 unspecified atom stereocenters. The molecule has 3 heteroatoms. The van der Waals surface area contributed by atoms with Crippen molar-refractivity contribution in [2.45, 2.75) is 57.9 Å². The lowest BCUT2D eigenvalue weighted by Gasteiger charge is -2.34. The van der Waals surface area contributed by atoms with Gasteiger partial charge in [0.25, 0.3) is 0 Å². The molecule has 1 aliphatic heterocycles. The summed E-state index contributed by atoms with van der Waals surface area (Å²) in [7, 11) is 0. The van der Waals surface area contributed by atoms with Gasteiger partial charge in [-0.25, -0.2) is 0 Å². The molecule has 1 aliphatic rings. The molecule has 2 heterocycles. The Balaban J connectivity index is 1.92. The van der Waals surface area contributed by atoms with Crippen molar-refractivity contribution in [1.82, 2.24) is 10.3 Å². The zero-order chi connectivity index (χ0) is 12.3. The van der Waals surface area contributed by atoms with Crippen molar-refractivity contribution in [3.63, 3.8) is 0 Å². The maximum absolute atomic E-state index is 5.75. The topological polar surface area (TPSA) is 34.2 Å². The Morgan fingerprint density at radius 2 is 2.06 bits per heavy atom. The van der Waals surface area contributed by atoms with Crippen molar-refractivity contribution in [1.29, 1.82) is 0 Å². The van der Waals surface area contributed by atoms with Crippen LogP contribution in [0, 0.1) is 0 Å². The average Bonchev–Trinajstić information content (AvgIpc) is 2.28. The number of pyridine rings is 1. The van der Waals surface area contributed by atoms with E-state index in [4.69, 9.17) is 4.74 Å². The Morgan fingerprint density at radius 3 is 2.65 bits per heavy atom. The van der Waals surface area contributed by atoms with E-state index in [2.05, 4.69) is 37.1 Å². The lowest BCUT2D eigenvalue weighted by molar-refractivity contribution is -0.0433. The van der Waals surface area contributed by atoms with Crippen LogP contribution in [-0.2, 0) is 4.74 Å². The Hall–Kier alpha value is -0.930. The maximum Gasteiger partial charge on any atom is 0.0565 e. The molecule has 0 saturated carbocycles. The van der Waals surface area contributed by atoms with Crippen LogP contribution in [-0.4, -0.2) is 23.2 Å². The summed E-state index contributed by atoms with van der Waals surface area (Å²) in [6, 6.07) is 5.01. The van der Waals surface area contributed by atoms with Gasteiger partial charge in [-0.3, -0.25) is 4.98 Å². The number of rotatable bonds is 3. The molecular formula is C14H22N2O. The van der Waals surface area contributed by atoms with Gasteiger partial charge in [0.15, 0.2) is 0 Å². The van der Waals surface area contributed by atoms with Crippen LogP contribution in [0.5, 0.6) is 0 Å². The van der Waals surface area contributed by atoms with Gasteiger partial charge in [-0.2, -0.15) is 0 Å². The maximum atomic E-state index is 5.75. The molecule has 0 amide bonds. The van der Waals surface area contributed by atoms with E-state index < -0.39 is 0 Å². The fourth-order valence-corrected chi connectivity index (χ4v) is 2.62. The van der Waals surface area contributed by atoms with E-state index in [0.717, 1.165) is 12.8 Å². The minimum atomic E-state index is 0.353. The summed E-state index contributed by atoms with van der Waals surface area (Å²) in [5.41, 5.74) is 1.25. The van der Waals surface area contributed by atoms with Crippen LogP contribution >= 0.6 is 0 Å². The highest BCUT2D eigenvalue weighted by molar-refractivity contribution is 5.13. The zero-order valence-corrected chi connectivity index (χ0v) is 10.9. The molecule has 2 rings (SSSR count). The van der Waals surface area contributed by atoms with Gasteiger partial charge >= 0.3 is 0 Å². The standard InChI is InChI=1S/C14H22N2O/c1-10-7-14(8-11(2)17-10)16-12(3)13-5-4-6-15-9-13/h4-6,9-12,14,16H,7-8H2,1-3H3/t10?,11?,12-,14?/m1/s1. The Bertz CT molecular complexity index is 331. The first-order chi connectivity index (χ1) is 8.15. The highest BCUT2D eigenvalue weighted by Gasteiger charge is 2.25. The lowest BCUT2D eigenvalue weighted by atomic mass is 9.98. The molecule has 1 N–H and O–H groups in total. The van der Waals surface area contributed by atoms with E-state index >= 15 is 0 Å². The first-order valence-corrected chi connectivity index (χ1v) is 6.46. The van der Waals surface area contributed by atoms with Crippen LogP contribution in [0.15, 0.2) is 24.5 Å². The number of aromatic nitrogens is 1. The lowest BCUT2D eigenvalue weighted by Crippen LogP contribution is -2.42. The SMILES string of the molecule is CC1CC(N[C@H](C)c2cccnc2)CC(C)O1. The summed E-state index contributed by atoms with van der Waals surface area (Å²) in [5, 5.41) is 3.68. The summed E-state index contributed by atoms with van der Waals surface area (Å²) in [5.74, 6) is 0. The van der Waals surface area contributed by atoms with Crippen LogP contribution < -0.4 is 5.32 Å². The second-order valence-corrected chi connectivity index (χ2v) is 5.10. The van der Waals surface area contributed by atoms with Gasteiger partial charge in [0.05, 0.1) is 12.2 Å². The van der Waals surface area contributed by atoms with E-state index in [0.29, 0.717) is 24.3 Å². The quantitative estimate of drug-likeness (QED) is 0.873. The molecule has 3 atom stereocenters. The summed E-state index contributed by atoms with van der Waals surface area (Å²) in [6.07, 6.45) is 6.65. The average molecular weight is 234 g/mol. The number of ether oxygens (including phenoxy) is 1. The highest BCUT2D eigenvalue weighted by atomic mass is 16.5. The van der Waals surface area contributed by atoms with Crippen molar-refractivity contribution in [3.8, 4) is 0 Å². The third-order valence-corrected chi connectivity index (χ3v) is 3.37. The van der Waals surface area contributed by atoms with E-state index in [9.17, 15) is 0 Å². The van der Waals surface area contributed by atoms with E-state index in [1.165, 1.54) is 5.56 Å². The van der Waals surface area contributed by atoms with Crippen LogP contribution in [0.25, 0.3) is 0 Å². The van der Waals surface area contributed by atoms with Gasteiger partial charge < -0.3 is 10.1 Å². The molecule has 1 aromatic rings. The molecule has 1 fully saturated rings. The monoisotopic (exact) mass is 234 g/mol. The number of nitrogens with one attached hydrogen (secondary N) is 1. The van der Waals surface area contributed by atoms with Crippen molar-refractivity contribution in [3.05, 3.63) is 30.1 Å². The molecule has 0 spiro atoms. The summed E-state index contributed by atoms with van der Waals surface area (Å²) >= 11 is 0. The fourth-order valence-electron chi connectivity index (χ4n) is 2.62. The van der Waals surface area contributed by atoms with Crippen molar-refractivity contribution < 1.29 is 4.74 Å². The molecule has 94 valence electrons. The second-order valence-electron chi connectivity index (χ2n) is 5.10. The van der Waals surface area contributed by atoms with Crippen LogP contribution in [0.2, 0.25) is 0 Å². The predicted octanol–water partition coefficient (Wildman–Crippen LogP) is 2.69. The molecule has 1 aromatic heterocycles. The minimum absolute atomic E-state index is 0.353. The first-order valence-electron chi connectivity index (χ1n) is 6.46. The molecule has 0 radical (unpaired) electrons. The van der Waals surface area contributed by atoms with Gasteiger partial charge in [-0.1, -0.05) is 6.07 Å². The van der Waals surface area contributed by atoms with E-state index in [1.54, 1.807) is 0 Å². The highest BCUT2D eigenvalue weighted by Crippen LogP contribution is 2.22. The van der Waals surface area contributed by atoms with Gasteiger partial charge in [-0.15, -0.1) is 0 Å². The van der Waals surface area contributed by atoms with Gasteiger partial charge in [-0.05, 0) is 45.2 Å². The van der Waals surface area contributed by atoms with Gasteiger partial charge in [0.2, 0.25) is 0 Å². The predicted molar refractivity (Wildman–Crippen MR) is 68.8 cm³/mol. The third-order valence-electron chi connectivity index (χ3n) is 3.37. The van der Waals surface area contributed by atoms with Crippen LogP contribution in [0.3, 0.4) is 0 Å². The summed E-state index contributed by atoms with van der Waals surface area (Å²) in [6.45, 7) is 6.50. The Morgan fingerprint density at radius 1 is 1.35 bits per heavy atom. The first kappa shape index (κ1) is 12.5. The van der Waals surface area contributed by atoms with Gasteiger partial charge in [0, 0.05) is 24.5 Å². The van der Waals surface area contributed by atoms with Crippen LogP contribution in [0.4, 0.5) is 0 Å².